The van der Waals surface area contributed by atoms with E-state index in [4.69, 9.17) is 10.5 Å². The maximum Gasteiger partial charge on any atom is 0.337 e. The molecule has 0 radical (unpaired) electrons. The summed E-state index contributed by atoms with van der Waals surface area (Å²) >= 11 is 0. The molecule has 0 aliphatic heterocycles. The van der Waals surface area contributed by atoms with Gasteiger partial charge in [-0.2, -0.15) is 0 Å². The number of nitrogen functional groups attached to an aromatic ring is 1. The van der Waals surface area contributed by atoms with Crippen LogP contribution in [0.1, 0.15) is 24.2 Å². The van der Waals surface area contributed by atoms with Crippen molar-refractivity contribution in [1.29, 1.82) is 0 Å². The average Bonchev–Trinajstić information content (AvgIpc) is 2.57. The van der Waals surface area contributed by atoms with Crippen molar-refractivity contribution in [3.05, 3.63) is 35.9 Å². The van der Waals surface area contributed by atoms with Gasteiger partial charge in [-0.15, -0.1) is 0 Å². The van der Waals surface area contributed by atoms with Crippen LogP contribution in [-0.2, 0) is 9.59 Å². The molecule has 9 nitrogen and oxygen atoms in total. The number of ether oxygens (including phenoxy) is 1. The zero-order valence-electron chi connectivity index (χ0n) is 15.0. The standard InChI is InChI=1S/C18H20N4O5/c1-9(23)20-15-7-12(6-13(18(25)26)17(15)21-10(2)24)22-11-4-5-14(19)16(8-11)27-3/h4-8,22H,19H2,1-3H3,(H,20,23)(H,21,24)(H,25,26). The summed E-state index contributed by atoms with van der Waals surface area (Å²) in [6.45, 7) is 2.53. The van der Waals surface area contributed by atoms with Crippen LogP contribution < -0.4 is 26.4 Å². The molecule has 0 spiro atoms. The molecule has 0 unspecified atom stereocenters. The number of carbonyl (C=O) groups is 3. The van der Waals surface area contributed by atoms with Crippen molar-refractivity contribution in [1.82, 2.24) is 0 Å². The molecule has 2 rings (SSSR count). The fourth-order valence-corrected chi connectivity index (χ4v) is 2.44. The number of carboxylic acid groups (broad SMARTS) is 1. The Kier molecular flexibility index (Phi) is 5.86. The third-order valence-electron chi connectivity index (χ3n) is 3.50. The number of benzene rings is 2. The summed E-state index contributed by atoms with van der Waals surface area (Å²) in [6, 6.07) is 7.84. The van der Waals surface area contributed by atoms with E-state index in [2.05, 4.69) is 16.0 Å². The summed E-state index contributed by atoms with van der Waals surface area (Å²) in [5, 5.41) is 17.5. The molecule has 0 saturated carbocycles. The molecule has 0 fully saturated rings. The Hall–Kier alpha value is -3.75. The summed E-state index contributed by atoms with van der Waals surface area (Å²) in [5.74, 6) is -1.68. The third kappa shape index (κ3) is 4.88. The number of hydrogen-bond donors (Lipinski definition) is 5. The Balaban J connectivity index is 2.53. The molecular weight excluding hydrogens is 352 g/mol. The molecule has 2 aromatic carbocycles. The minimum Gasteiger partial charge on any atom is -0.495 e. The van der Waals surface area contributed by atoms with E-state index in [-0.39, 0.29) is 16.9 Å². The number of anilines is 5. The van der Waals surface area contributed by atoms with Gasteiger partial charge >= 0.3 is 5.97 Å². The Labute approximate surface area is 155 Å². The van der Waals surface area contributed by atoms with Crippen molar-refractivity contribution >= 4 is 46.2 Å². The number of rotatable bonds is 6. The first-order chi connectivity index (χ1) is 12.7. The molecule has 0 aromatic heterocycles. The van der Waals surface area contributed by atoms with Gasteiger partial charge in [0, 0.05) is 31.3 Å². The predicted molar refractivity (Wildman–Crippen MR) is 103 cm³/mol. The van der Waals surface area contributed by atoms with Crippen molar-refractivity contribution in [3.8, 4) is 5.75 Å². The first-order valence-corrected chi connectivity index (χ1v) is 7.88. The van der Waals surface area contributed by atoms with Gasteiger partial charge in [0.1, 0.15) is 5.75 Å². The largest absolute Gasteiger partial charge is 0.495 e. The fraction of sp³-hybridized carbons (Fsp3) is 0.167. The lowest BCUT2D eigenvalue weighted by atomic mass is 10.1. The van der Waals surface area contributed by atoms with Gasteiger partial charge in [0.05, 0.1) is 29.7 Å². The zero-order valence-corrected chi connectivity index (χ0v) is 15.0. The molecule has 0 saturated heterocycles. The first kappa shape index (κ1) is 19.6. The fourth-order valence-electron chi connectivity index (χ4n) is 2.44. The van der Waals surface area contributed by atoms with Crippen LogP contribution in [-0.4, -0.2) is 30.0 Å². The molecule has 2 aromatic rings. The second-order valence-electron chi connectivity index (χ2n) is 5.70. The number of carboxylic acids is 1. The molecule has 9 heteroatoms. The molecule has 2 amide bonds. The zero-order chi connectivity index (χ0) is 20.1. The van der Waals surface area contributed by atoms with Crippen LogP contribution >= 0.6 is 0 Å². The molecule has 0 bridgehead atoms. The maximum absolute atomic E-state index is 11.7. The molecule has 0 aliphatic carbocycles. The van der Waals surface area contributed by atoms with E-state index in [1.165, 1.54) is 33.1 Å². The maximum atomic E-state index is 11.7. The Morgan fingerprint density at radius 1 is 1.00 bits per heavy atom. The van der Waals surface area contributed by atoms with Gasteiger partial charge in [-0.1, -0.05) is 0 Å². The molecule has 142 valence electrons. The van der Waals surface area contributed by atoms with Gasteiger partial charge in [0.2, 0.25) is 11.8 Å². The van der Waals surface area contributed by atoms with E-state index >= 15 is 0 Å². The highest BCUT2D eigenvalue weighted by Crippen LogP contribution is 2.33. The molecule has 27 heavy (non-hydrogen) atoms. The van der Waals surface area contributed by atoms with E-state index in [0.29, 0.717) is 22.8 Å². The van der Waals surface area contributed by atoms with Crippen molar-refractivity contribution < 1.29 is 24.2 Å². The summed E-state index contributed by atoms with van der Waals surface area (Å²) < 4.78 is 5.16. The van der Waals surface area contributed by atoms with E-state index in [1.807, 2.05) is 0 Å². The highest BCUT2D eigenvalue weighted by Gasteiger charge is 2.18. The van der Waals surface area contributed by atoms with Gasteiger partial charge in [-0.3, -0.25) is 9.59 Å². The number of nitrogens with two attached hydrogens (primary N) is 1. The number of aromatic carboxylic acids is 1. The topological polar surface area (TPSA) is 143 Å². The number of methoxy groups -OCH3 is 1. The molecular formula is C18H20N4O5. The quantitative estimate of drug-likeness (QED) is 0.490. The van der Waals surface area contributed by atoms with Crippen LogP contribution in [0.2, 0.25) is 0 Å². The molecule has 6 N–H and O–H groups in total. The van der Waals surface area contributed by atoms with Crippen LogP contribution in [0, 0.1) is 0 Å². The average molecular weight is 372 g/mol. The normalized spacial score (nSPS) is 10.0. The van der Waals surface area contributed by atoms with Crippen molar-refractivity contribution in [3.63, 3.8) is 0 Å². The lowest BCUT2D eigenvalue weighted by Crippen LogP contribution is -2.16. The highest BCUT2D eigenvalue weighted by atomic mass is 16.5. The summed E-state index contributed by atoms with van der Waals surface area (Å²) in [4.78, 5) is 34.6. The number of amides is 2. The van der Waals surface area contributed by atoms with E-state index in [0.717, 1.165) is 0 Å². The van der Waals surface area contributed by atoms with Crippen LogP contribution in [0.5, 0.6) is 5.75 Å². The third-order valence-corrected chi connectivity index (χ3v) is 3.50. The molecule has 0 atom stereocenters. The molecule has 0 heterocycles. The number of nitrogens with one attached hydrogen (secondary N) is 3. The van der Waals surface area contributed by atoms with E-state index in [9.17, 15) is 19.5 Å². The SMILES string of the molecule is COc1cc(Nc2cc(NC(C)=O)c(NC(C)=O)c(C(=O)O)c2)ccc1N. The summed E-state index contributed by atoms with van der Waals surface area (Å²) in [5.41, 5.74) is 7.20. The van der Waals surface area contributed by atoms with Gasteiger partial charge in [-0.25, -0.2) is 4.79 Å². The number of carbonyl (C=O) groups excluding carboxylic acids is 2. The van der Waals surface area contributed by atoms with E-state index < -0.39 is 17.8 Å². The van der Waals surface area contributed by atoms with Crippen LogP contribution in [0.4, 0.5) is 28.4 Å². The van der Waals surface area contributed by atoms with Crippen LogP contribution in [0.3, 0.4) is 0 Å². The monoisotopic (exact) mass is 372 g/mol. The molecule has 0 aliphatic rings. The van der Waals surface area contributed by atoms with Crippen LogP contribution in [0.25, 0.3) is 0 Å². The smallest absolute Gasteiger partial charge is 0.337 e. The van der Waals surface area contributed by atoms with Crippen molar-refractivity contribution in [2.75, 3.05) is 28.8 Å². The summed E-state index contributed by atoms with van der Waals surface area (Å²) in [7, 11) is 1.48. The predicted octanol–water partition coefficient (Wildman–Crippen LogP) is 2.64. The lowest BCUT2D eigenvalue weighted by Gasteiger charge is -2.17. The van der Waals surface area contributed by atoms with Gasteiger partial charge < -0.3 is 31.5 Å². The van der Waals surface area contributed by atoms with Gasteiger partial charge in [-0.05, 0) is 24.3 Å². The Morgan fingerprint density at radius 3 is 2.22 bits per heavy atom. The number of hydrogen-bond acceptors (Lipinski definition) is 6. The van der Waals surface area contributed by atoms with Gasteiger partial charge in [0.15, 0.2) is 0 Å². The van der Waals surface area contributed by atoms with E-state index in [1.54, 1.807) is 18.2 Å². The second-order valence-corrected chi connectivity index (χ2v) is 5.70. The van der Waals surface area contributed by atoms with Crippen molar-refractivity contribution in [2.24, 2.45) is 0 Å². The lowest BCUT2D eigenvalue weighted by molar-refractivity contribution is -0.115. The first-order valence-electron chi connectivity index (χ1n) is 7.88. The van der Waals surface area contributed by atoms with Gasteiger partial charge in [0.25, 0.3) is 0 Å². The minimum atomic E-state index is -1.26. The second kappa shape index (κ2) is 8.09. The minimum absolute atomic E-state index is 0.00522. The Bertz CT molecular complexity index is 911. The van der Waals surface area contributed by atoms with Crippen molar-refractivity contribution in [2.45, 2.75) is 13.8 Å². The Morgan fingerprint density at radius 2 is 1.67 bits per heavy atom. The highest BCUT2D eigenvalue weighted by molar-refractivity contribution is 6.07. The summed E-state index contributed by atoms with van der Waals surface area (Å²) in [6.07, 6.45) is 0. The van der Waals surface area contributed by atoms with Crippen LogP contribution in [0.15, 0.2) is 30.3 Å².